The highest BCUT2D eigenvalue weighted by Crippen LogP contribution is 2.35. The second-order valence-electron chi connectivity index (χ2n) is 4.77. The number of fused-ring (bicyclic) bond motifs is 1. The number of benzene rings is 2. The first-order valence-corrected chi connectivity index (χ1v) is 5.93. The summed E-state index contributed by atoms with van der Waals surface area (Å²) in [5, 5.41) is 2.35. The van der Waals surface area contributed by atoms with Gasteiger partial charge in [0.1, 0.15) is 0 Å². The lowest BCUT2D eigenvalue weighted by molar-refractivity contribution is 1.12. The SMILES string of the molecule is C#Cc1ccc(N(C)C)c2c(N(C)C)cccc12. The third kappa shape index (κ3) is 1.89. The Morgan fingerprint density at radius 3 is 2.06 bits per heavy atom. The van der Waals surface area contributed by atoms with Gasteiger partial charge in [0.05, 0.1) is 0 Å². The maximum absolute atomic E-state index is 5.59. The zero-order valence-electron chi connectivity index (χ0n) is 11.4. The average Bonchev–Trinajstić information content (AvgIpc) is 2.36. The first-order valence-electron chi connectivity index (χ1n) is 5.93. The zero-order chi connectivity index (χ0) is 13.3. The van der Waals surface area contributed by atoms with Crippen molar-refractivity contribution in [2.75, 3.05) is 38.0 Å². The van der Waals surface area contributed by atoms with Gasteiger partial charge in [0, 0.05) is 55.9 Å². The molecule has 0 saturated heterocycles. The third-order valence-electron chi connectivity index (χ3n) is 3.12. The summed E-state index contributed by atoms with van der Waals surface area (Å²) in [5.74, 6) is 2.77. The summed E-state index contributed by atoms with van der Waals surface area (Å²) in [7, 11) is 8.21. The summed E-state index contributed by atoms with van der Waals surface area (Å²) < 4.78 is 0. The predicted octanol–water partition coefficient (Wildman–Crippen LogP) is 2.95. The van der Waals surface area contributed by atoms with Crippen LogP contribution in [0.2, 0.25) is 0 Å². The molecule has 0 unspecified atom stereocenters. The number of anilines is 2. The molecule has 92 valence electrons. The maximum atomic E-state index is 5.59. The largest absolute Gasteiger partial charge is 0.377 e. The molecule has 0 amide bonds. The summed E-state index contributed by atoms with van der Waals surface area (Å²) >= 11 is 0. The van der Waals surface area contributed by atoms with Gasteiger partial charge in [-0.15, -0.1) is 6.42 Å². The number of hydrogen-bond acceptors (Lipinski definition) is 2. The van der Waals surface area contributed by atoms with Crippen LogP contribution < -0.4 is 9.80 Å². The third-order valence-corrected chi connectivity index (χ3v) is 3.12. The van der Waals surface area contributed by atoms with E-state index in [-0.39, 0.29) is 0 Å². The molecule has 0 aromatic heterocycles. The molecule has 0 aliphatic heterocycles. The van der Waals surface area contributed by atoms with Crippen LogP contribution in [0.25, 0.3) is 10.8 Å². The monoisotopic (exact) mass is 238 g/mol. The number of rotatable bonds is 2. The van der Waals surface area contributed by atoms with Crippen molar-refractivity contribution in [3.8, 4) is 12.3 Å². The van der Waals surface area contributed by atoms with Gasteiger partial charge in [-0.3, -0.25) is 0 Å². The van der Waals surface area contributed by atoms with E-state index in [1.165, 1.54) is 16.8 Å². The van der Waals surface area contributed by atoms with Crippen molar-refractivity contribution in [1.29, 1.82) is 0 Å². The highest BCUT2D eigenvalue weighted by Gasteiger charge is 2.11. The average molecular weight is 238 g/mol. The van der Waals surface area contributed by atoms with Crippen molar-refractivity contribution in [1.82, 2.24) is 0 Å². The Morgan fingerprint density at radius 1 is 0.889 bits per heavy atom. The molecule has 2 rings (SSSR count). The van der Waals surface area contributed by atoms with E-state index in [0.717, 1.165) is 10.9 Å². The molecule has 0 heterocycles. The van der Waals surface area contributed by atoms with Gasteiger partial charge in [-0.2, -0.15) is 0 Å². The molecule has 18 heavy (non-hydrogen) atoms. The van der Waals surface area contributed by atoms with Crippen LogP contribution in [0.1, 0.15) is 5.56 Å². The van der Waals surface area contributed by atoms with E-state index in [0.29, 0.717) is 0 Å². The van der Waals surface area contributed by atoms with Gasteiger partial charge in [0.15, 0.2) is 0 Å². The van der Waals surface area contributed by atoms with Gasteiger partial charge in [-0.1, -0.05) is 18.1 Å². The molecule has 2 nitrogen and oxygen atoms in total. The van der Waals surface area contributed by atoms with E-state index in [2.05, 4.69) is 68.2 Å². The topological polar surface area (TPSA) is 6.48 Å². The van der Waals surface area contributed by atoms with Crippen molar-refractivity contribution in [3.63, 3.8) is 0 Å². The maximum Gasteiger partial charge on any atom is 0.0462 e. The van der Waals surface area contributed by atoms with Crippen molar-refractivity contribution >= 4 is 22.1 Å². The molecule has 2 aromatic rings. The van der Waals surface area contributed by atoms with Gasteiger partial charge in [0.2, 0.25) is 0 Å². The minimum Gasteiger partial charge on any atom is -0.377 e. The van der Waals surface area contributed by atoms with Crippen LogP contribution in [0.4, 0.5) is 11.4 Å². The summed E-state index contributed by atoms with van der Waals surface area (Å²) in [5.41, 5.74) is 3.32. The van der Waals surface area contributed by atoms with E-state index in [4.69, 9.17) is 6.42 Å². The Hall–Kier alpha value is -2.14. The van der Waals surface area contributed by atoms with Gasteiger partial charge < -0.3 is 9.80 Å². The predicted molar refractivity (Wildman–Crippen MR) is 80.5 cm³/mol. The van der Waals surface area contributed by atoms with Crippen molar-refractivity contribution in [2.24, 2.45) is 0 Å². The summed E-state index contributed by atoms with van der Waals surface area (Å²) in [6.45, 7) is 0. The first kappa shape index (κ1) is 12.3. The Bertz CT molecular complexity index is 605. The van der Waals surface area contributed by atoms with Crippen LogP contribution in [-0.4, -0.2) is 28.2 Å². The van der Waals surface area contributed by atoms with Crippen molar-refractivity contribution in [2.45, 2.75) is 0 Å². The quantitative estimate of drug-likeness (QED) is 0.742. The Morgan fingerprint density at radius 2 is 1.50 bits per heavy atom. The molecule has 2 heteroatoms. The van der Waals surface area contributed by atoms with Gasteiger partial charge in [0.25, 0.3) is 0 Å². The fraction of sp³-hybridized carbons (Fsp3) is 0.250. The lowest BCUT2D eigenvalue weighted by Crippen LogP contribution is -2.13. The molecule has 0 aliphatic rings. The first-order chi connectivity index (χ1) is 8.56. The van der Waals surface area contributed by atoms with Crippen LogP contribution in [0.3, 0.4) is 0 Å². The van der Waals surface area contributed by atoms with Gasteiger partial charge >= 0.3 is 0 Å². The van der Waals surface area contributed by atoms with E-state index in [1.54, 1.807) is 0 Å². The van der Waals surface area contributed by atoms with Crippen LogP contribution in [0.5, 0.6) is 0 Å². The minimum absolute atomic E-state index is 0.944. The van der Waals surface area contributed by atoms with Crippen LogP contribution >= 0.6 is 0 Å². The minimum atomic E-state index is 0.944. The fourth-order valence-electron chi connectivity index (χ4n) is 2.24. The summed E-state index contributed by atoms with van der Waals surface area (Å²) in [4.78, 5) is 4.24. The molecule has 0 aliphatic carbocycles. The normalized spacial score (nSPS) is 10.2. The molecular weight excluding hydrogens is 220 g/mol. The van der Waals surface area contributed by atoms with Crippen LogP contribution in [-0.2, 0) is 0 Å². The molecule has 0 N–H and O–H groups in total. The molecule has 0 saturated carbocycles. The Labute approximate surface area is 109 Å². The molecule has 0 atom stereocenters. The summed E-state index contributed by atoms with van der Waals surface area (Å²) in [6.07, 6.45) is 5.59. The van der Waals surface area contributed by atoms with E-state index in [1.807, 2.05) is 6.07 Å². The molecule has 0 fully saturated rings. The van der Waals surface area contributed by atoms with Gasteiger partial charge in [-0.25, -0.2) is 0 Å². The highest BCUT2D eigenvalue weighted by atomic mass is 15.1. The van der Waals surface area contributed by atoms with E-state index in [9.17, 15) is 0 Å². The molecule has 0 spiro atoms. The standard InChI is InChI=1S/C16H18N2/c1-6-12-10-11-15(18(4)5)16-13(12)8-7-9-14(16)17(2)3/h1,7-11H,2-5H3. The number of hydrogen-bond donors (Lipinski definition) is 0. The Kier molecular flexibility index (Phi) is 3.16. The lowest BCUT2D eigenvalue weighted by atomic mass is 10.0. The van der Waals surface area contributed by atoms with Crippen LogP contribution in [0.15, 0.2) is 30.3 Å². The Balaban J connectivity index is 2.93. The van der Waals surface area contributed by atoms with E-state index >= 15 is 0 Å². The van der Waals surface area contributed by atoms with Gasteiger partial charge in [-0.05, 0) is 18.2 Å². The second kappa shape index (κ2) is 4.62. The van der Waals surface area contributed by atoms with Crippen molar-refractivity contribution < 1.29 is 0 Å². The highest BCUT2D eigenvalue weighted by molar-refractivity contribution is 6.06. The van der Waals surface area contributed by atoms with Crippen molar-refractivity contribution in [3.05, 3.63) is 35.9 Å². The van der Waals surface area contributed by atoms with E-state index < -0.39 is 0 Å². The summed E-state index contributed by atoms with van der Waals surface area (Å²) in [6, 6.07) is 10.4. The molecular formula is C16H18N2. The number of terminal acetylenes is 1. The second-order valence-corrected chi connectivity index (χ2v) is 4.77. The number of nitrogens with zero attached hydrogens (tertiary/aromatic N) is 2. The molecule has 0 radical (unpaired) electrons. The molecule has 2 aromatic carbocycles. The fourth-order valence-corrected chi connectivity index (χ4v) is 2.24. The van der Waals surface area contributed by atoms with Crippen LogP contribution in [0, 0.1) is 12.3 Å². The smallest absolute Gasteiger partial charge is 0.0462 e. The zero-order valence-corrected chi connectivity index (χ0v) is 11.4. The lowest BCUT2D eigenvalue weighted by Gasteiger charge is -2.22. The molecule has 0 bridgehead atoms.